The molecule has 0 bridgehead atoms. The van der Waals surface area contributed by atoms with Crippen molar-refractivity contribution in [3.05, 3.63) is 27.7 Å². The minimum Gasteiger partial charge on any atom is -0.507 e. The molecule has 1 amide bonds. The van der Waals surface area contributed by atoms with Crippen molar-refractivity contribution in [1.29, 1.82) is 0 Å². The Labute approximate surface area is 91.3 Å². The molecule has 0 atom stereocenters. The molecule has 0 aromatic heterocycles. The molecule has 0 aliphatic carbocycles. The lowest BCUT2D eigenvalue weighted by molar-refractivity contribution is 0.0953. The number of phenolic OH excluding ortho intramolecular Hbond substituents is 1. The van der Waals surface area contributed by atoms with Gasteiger partial charge in [0.2, 0.25) is 0 Å². The lowest BCUT2D eigenvalue weighted by Gasteiger charge is -2.07. The maximum absolute atomic E-state index is 11.5. The number of hydrogen-bond acceptors (Lipinski definition) is 2. The smallest absolute Gasteiger partial charge is 0.255 e. The highest BCUT2D eigenvalue weighted by atomic mass is 79.9. The third kappa shape index (κ3) is 2.26. The summed E-state index contributed by atoms with van der Waals surface area (Å²) in [6.45, 7) is 4.13. The zero-order chi connectivity index (χ0) is 10.7. The highest BCUT2D eigenvalue weighted by Crippen LogP contribution is 2.26. The largest absolute Gasteiger partial charge is 0.507 e. The number of aromatic hydroxyl groups is 1. The molecule has 0 spiro atoms. The van der Waals surface area contributed by atoms with Gasteiger partial charge in [-0.15, -0.1) is 0 Å². The van der Waals surface area contributed by atoms with E-state index in [9.17, 15) is 9.90 Å². The molecule has 0 saturated heterocycles. The number of carbonyl (C=O) groups excluding carboxylic acids is 1. The van der Waals surface area contributed by atoms with Crippen molar-refractivity contribution in [2.24, 2.45) is 0 Å². The molecule has 0 heterocycles. The van der Waals surface area contributed by atoms with Crippen LogP contribution in [-0.2, 0) is 0 Å². The summed E-state index contributed by atoms with van der Waals surface area (Å²) >= 11 is 3.28. The lowest BCUT2D eigenvalue weighted by Crippen LogP contribution is -2.22. The second-order valence-corrected chi connectivity index (χ2v) is 3.89. The molecule has 0 aliphatic heterocycles. The highest BCUT2D eigenvalue weighted by Gasteiger charge is 2.12. The van der Waals surface area contributed by atoms with Gasteiger partial charge in [0.25, 0.3) is 5.91 Å². The van der Waals surface area contributed by atoms with Crippen molar-refractivity contribution in [2.75, 3.05) is 6.54 Å². The first-order valence-electron chi connectivity index (χ1n) is 4.33. The van der Waals surface area contributed by atoms with Crippen LogP contribution in [0.5, 0.6) is 5.75 Å². The highest BCUT2D eigenvalue weighted by molar-refractivity contribution is 9.10. The molecule has 0 fully saturated rings. The molecule has 0 aliphatic rings. The number of hydrogen-bond donors (Lipinski definition) is 2. The van der Waals surface area contributed by atoms with Crippen LogP contribution < -0.4 is 5.32 Å². The Hall–Kier alpha value is -1.03. The van der Waals surface area contributed by atoms with E-state index in [4.69, 9.17) is 0 Å². The number of aryl methyl sites for hydroxylation is 1. The second kappa shape index (κ2) is 4.46. The zero-order valence-electron chi connectivity index (χ0n) is 8.10. The van der Waals surface area contributed by atoms with E-state index in [1.165, 1.54) is 0 Å². The summed E-state index contributed by atoms with van der Waals surface area (Å²) in [6, 6.07) is 3.37. The molecular weight excluding hydrogens is 246 g/mol. The van der Waals surface area contributed by atoms with E-state index < -0.39 is 0 Å². The standard InChI is InChI=1S/C10H12BrNO2/c1-3-12-10(14)8-5-7(11)4-6(2)9(8)13/h4-5,13H,3H2,1-2H3,(H,12,14). The number of amides is 1. The van der Waals surface area contributed by atoms with Crippen LogP contribution in [0.15, 0.2) is 16.6 Å². The first-order valence-corrected chi connectivity index (χ1v) is 5.13. The van der Waals surface area contributed by atoms with Gasteiger partial charge in [-0.05, 0) is 31.5 Å². The van der Waals surface area contributed by atoms with Gasteiger partial charge in [0.1, 0.15) is 5.75 Å². The summed E-state index contributed by atoms with van der Waals surface area (Å²) in [5.41, 5.74) is 0.986. The molecule has 14 heavy (non-hydrogen) atoms. The van der Waals surface area contributed by atoms with E-state index in [2.05, 4.69) is 21.2 Å². The first-order chi connectivity index (χ1) is 6.56. The number of nitrogens with one attached hydrogen (secondary N) is 1. The Kier molecular flexibility index (Phi) is 3.52. The Morgan fingerprint density at radius 1 is 1.57 bits per heavy atom. The Balaban J connectivity index is 3.13. The number of carbonyl (C=O) groups is 1. The third-order valence-electron chi connectivity index (χ3n) is 1.85. The fraction of sp³-hybridized carbons (Fsp3) is 0.300. The van der Waals surface area contributed by atoms with E-state index in [-0.39, 0.29) is 11.7 Å². The van der Waals surface area contributed by atoms with Crippen molar-refractivity contribution in [2.45, 2.75) is 13.8 Å². The SMILES string of the molecule is CCNC(=O)c1cc(Br)cc(C)c1O. The molecule has 4 heteroatoms. The average molecular weight is 258 g/mol. The van der Waals surface area contributed by atoms with Gasteiger partial charge in [0, 0.05) is 11.0 Å². The maximum Gasteiger partial charge on any atom is 0.255 e. The van der Waals surface area contributed by atoms with E-state index >= 15 is 0 Å². The van der Waals surface area contributed by atoms with Crippen molar-refractivity contribution < 1.29 is 9.90 Å². The van der Waals surface area contributed by atoms with Gasteiger partial charge in [0.15, 0.2) is 0 Å². The second-order valence-electron chi connectivity index (χ2n) is 2.98. The van der Waals surface area contributed by atoms with Crippen LogP contribution in [0.2, 0.25) is 0 Å². The van der Waals surface area contributed by atoms with E-state index in [0.29, 0.717) is 17.7 Å². The van der Waals surface area contributed by atoms with Crippen LogP contribution in [0.1, 0.15) is 22.8 Å². The van der Waals surface area contributed by atoms with Crippen LogP contribution in [0, 0.1) is 6.92 Å². The van der Waals surface area contributed by atoms with Crippen molar-refractivity contribution in [3.63, 3.8) is 0 Å². The van der Waals surface area contributed by atoms with Crippen molar-refractivity contribution >= 4 is 21.8 Å². The normalized spacial score (nSPS) is 9.93. The summed E-state index contributed by atoms with van der Waals surface area (Å²) in [4.78, 5) is 11.5. The van der Waals surface area contributed by atoms with Crippen LogP contribution in [-0.4, -0.2) is 17.6 Å². The molecule has 1 aromatic rings. The fourth-order valence-electron chi connectivity index (χ4n) is 1.16. The Morgan fingerprint density at radius 3 is 2.79 bits per heavy atom. The monoisotopic (exact) mass is 257 g/mol. The molecule has 0 unspecified atom stereocenters. The topological polar surface area (TPSA) is 49.3 Å². The molecule has 2 N–H and O–H groups in total. The third-order valence-corrected chi connectivity index (χ3v) is 2.31. The van der Waals surface area contributed by atoms with Crippen LogP contribution in [0.4, 0.5) is 0 Å². The zero-order valence-corrected chi connectivity index (χ0v) is 9.68. The molecule has 0 saturated carbocycles. The summed E-state index contributed by atoms with van der Waals surface area (Å²) < 4.78 is 0.786. The lowest BCUT2D eigenvalue weighted by atomic mass is 10.1. The molecule has 1 aromatic carbocycles. The van der Waals surface area contributed by atoms with Gasteiger partial charge in [-0.1, -0.05) is 15.9 Å². The Bertz CT molecular complexity index is 363. The van der Waals surface area contributed by atoms with Crippen LogP contribution in [0.3, 0.4) is 0 Å². The quantitative estimate of drug-likeness (QED) is 0.854. The minimum absolute atomic E-state index is 0.0409. The van der Waals surface area contributed by atoms with E-state index in [0.717, 1.165) is 4.47 Å². The molecule has 3 nitrogen and oxygen atoms in total. The molecule has 76 valence electrons. The average Bonchev–Trinajstić information content (AvgIpc) is 2.11. The first kappa shape index (κ1) is 11.0. The van der Waals surface area contributed by atoms with Gasteiger partial charge >= 0.3 is 0 Å². The Morgan fingerprint density at radius 2 is 2.21 bits per heavy atom. The van der Waals surface area contributed by atoms with E-state index in [1.807, 2.05) is 6.92 Å². The molecular formula is C10H12BrNO2. The van der Waals surface area contributed by atoms with E-state index in [1.54, 1.807) is 19.1 Å². The van der Waals surface area contributed by atoms with Crippen molar-refractivity contribution in [1.82, 2.24) is 5.32 Å². The number of phenols is 1. The fourth-order valence-corrected chi connectivity index (χ4v) is 1.74. The summed E-state index contributed by atoms with van der Waals surface area (Å²) in [5, 5.41) is 12.3. The summed E-state index contributed by atoms with van der Waals surface area (Å²) in [6.07, 6.45) is 0. The van der Waals surface area contributed by atoms with Crippen molar-refractivity contribution in [3.8, 4) is 5.75 Å². The van der Waals surface area contributed by atoms with Gasteiger partial charge in [-0.3, -0.25) is 4.79 Å². The minimum atomic E-state index is -0.255. The van der Waals surface area contributed by atoms with Gasteiger partial charge in [0.05, 0.1) is 5.56 Å². The predicted molar refractivity (Wildman–Crippen MR) is 58.6 cm³/mol. The van der Waals surface area contributed by atoms with Crippen LogP contribution >= 0.6 is 15.9 Å². The summed E-state index contributed by atoms with van der Waals surface area (Å²) in [5.74, 6) is -0.214. The van der Waals surface area contributed by atoms with Gasteiger partial charge in [-0.25, -0.2) is 0 Å². The number of benzene rings is 1. The summed E-state index contributed by atoms with van der Waals surface area (Å²) in [7, 11) is 0. The molecule has 1 rings (SSSR count). The molecule has 0 radical (unpaired) electrons. The number of rotatable bonds is 2. The van der Waals surface area contributed by atoms with Gasteiger partial charge in [-0.2, -0.15) is 0 Å². The maximum atomic E-state index is 11.5. The van der Waals surface area contributed by atoms with Crippen LogP contribution in [0.25, 0.3) is 0 Å². The predicted octanol–water partition coefficient (Wildman–Crippen LogP) is 2.21. The van der Waals surface area contributed by atoms with Gasteiger partial charge < -0.3 is 10.4 Å². The number of halogens is 1.